The lowest BCUT2D eigenvalue weighted by molar-refractivity contribution is 0.0992. The number of guanidine groups is 1. The van der Waals surface area contributed by atoms with Crippen molar-refractivity contribution in [3.63, 3.8) is 0 Å². The van der Waals surface area contributed by atoms with Gasteiger partial charge in [0.25, 0.3) is 0 Å². The van der Waals surface area contributed by atoms with E-state index in [1.54, 1.807) is 19.4 Å². The average Bonchev–Trinajstić information content (AvgIpc) is 3.14. The molecule has 2 saturated heterocycles. The van der Waals surface area contributed by atoms with Crippen molar-refractivity contribution in [3.8, 4) is 5.75 Å². The number of aromatic nitrogens is 1. The van der Waals surface area contributed by atoms with Gasteiger partial charge in [0.2, 0.25) is 0 Å². The Bertz CT molecular complexity index is 480. The summed E-state index contributed by atoms with van der Waals surface area (Å²) in [5, 5.41) is 6.71. The highest BCUT2D eigenvalue weighted by Gasteiger charge is 2.41. The van der Waals surface area contributed by atoms with Crippen molar-refractivity contribution < 1.29 is 9.47 Å². The molecule has 0 aromatic carbocycles. The second-order valence-corrected chi connectivity index (χ2v) is 5.40. The lowest BCUT2D eigenvalue weighted by atomic mass is 9.96. The van der Waals surface area contributed by atoms with Crippen LogP contribution in [0.2, 0.25) is 0 Å². The molecule has 6 heteroatoms. The Hall–Kier alpha value is -1.82. The van der Waals surface area contributed by atoms with E-state index in [0.717, 1.165) is 24.6 Å². The molecule has 0 aliphatic carbocycles. The third-order valence-corrected chi connectivity index (χ3v) is 3.95. The van der Waals surface area contributed by atoms with Crippen LogP contribution in [0.15, 0.2) is 29.5 Å². The van der Waals surface area contributed by atoms with Crippen LogP contribution in [0.4, 0.5) is 0 Å². The molecule has 2 fully saturated rings. The highest BCUT2D eigenvalue weighted by atomic mass is 16.5. The van der Waals surface area contributed by atoms with Crippen molar-refractivity contribution >= 4 is 5.96 Å². The van der Waals surface area contributed by atoms with Gasteiger partial charge in [0, 0.05) is 13.2 Å². The summed E-state index contributed by atoms with van der Waals surface area (Å²) in [7, 11) is 1.78. The van der Waals surface area contributed by atoms with Gasteiger partial charge in [-0.15, -0.1) is 0 Å². The van der Waals surface area contributed by atoms with Gasteiger partial charge >= 0.3 is 0 Å². The minimum absolute atomic E-state index is 0.347. The largest absolute Gasteiger partial charge is 0.490 e. The molecule has 3 heterocycles. The number of fused-ring (bicyclic) bond motifs is 2. The number of rotatable bonds is 5. The summed E-state index contributed by atoms with van der Waals surface area (Å²) in [6, 6.07) is 4.14. The van der Waals surface area contributed by atoms with Gasteiger partial charge in [0.05, 0.1) is 31.0 Å². The first-order chi connectivity index (χ1) is 10.3. The van der Waals surface area contributed by atoms with E-state index in [4.69, 9.17) is 9.47 Å². The highest BCUT2D eigenvalue weighted by molar-refractivity contribution is 5.80. The van der Waals surface area contributed by atoms with E-state index in [1.807, 2.05) is 12.1 Å². The molecule has 114 valence electrons. The molecule has 6 nitrogen and oxygen atoms in total. The van der Waals surface area contributed by atoms with Gasteiger partial charge in [0.15, 0.2) is 5.96 Å². The molecular formula is C15H22N4O2. The van der Waals surface area contributed by atoms with E-state index in [-0.39, 0.29) is 0 Å². The molecule has 3 atom stereocenters. The Balaban J connectivity index is 1.37. The summed E-state index contributed by atoms with van der Waals surface area (Å²) >= 11 is 0. The molecule has 2 aliphatic heterocycles. The summed E-state index contributed by atoms with van der Waals surface area (Å²) in [5.74, 6) is 1.59. The first-order valence-electron chi connectivity index (χ1n) is 7.50. The van der Waals surface area contributed by atoms with E-state index < -0.39 is 0 Å². The minimum atomic E-state index is 0.347. The van der Waals surface area contributed by atoms with Gasteiger partial charge in [-0.05, 0) is 31.4 Å². The first kappa shape index (κ1) is 14.1. The average molecular weight is 290 g/mol. The fourth-order valence-electron chi connectivity index (χ4n) is 2.93. The molecule has 3 unspecified atom stereocenters. The second kappa shape index (κ2) is 6.76. The fourth-order valence-corrected chi connectivity index (χ4v) is 2.93. The Kier molecular flexibility index (Phi) is 4.55. The second-order valence-electron chi connectivity index (χ2n) is 5.40. The maximum Gasteiger partial charge on any atom is 0.191 e. The number of ether oxygens (including phenoxy) is 2. The van der Waals surface area contributed by atoms with Crippen molar-refractivity contribution in [2.24, 2.45) is 4.99 Å². The predicted octanol–water partition coefficient (Wildman–Crippen LogP) is 0.945. The minimum Gasteiger partial charge on any atom is -0.490 e. The zero-order valence-electron chi connectivity index (χ0n) is 12.3. The monoisotopic (exact) mass is 290 g/mol. The van der Waals surface area contributed by atoms with Crippen LogP contribution in [0.25, 0.3) is 0 Å². The lowest BCUT2D eigenvalue weighted by Gasteiger charge is -2.22. The standard InChI is InChI=1S/C15H22N4O2/c1-16-15(19-13-9-11-4-5-14(13)21-11)18-7-8-20-12-3-2-6-17-10-12/h2-3,6,10-11,13-14H,4-5,7-9H2,1H3,(H2,16,18,19). The van der Waals surface area contributed by atoms with Crippen LogP contribution in [0.5, 0.6) is 5.75 Å². The number of aliphatic imine (C=N–C) groups is 1. The maximum atomic E-state index is 5.84. The van der Waals surface area contributed by atoms with Gasteiger partial charge in [-0.2, -0.15) is 0 Å². The Morgan fingerprint density at radius 1 is 1.52 bits per heavy atom. The number of nitrogens with one attached hydrogen (secondary N) is 2. The van der Waals surface area contributed by atoms with E-state index >= 15 is 0 Å². The van der Waals surface area contributed by atoms with Gasteiger partial charge < -0.3 is 20.1 Å². The molecule has 0 amide bonds. The molecule has 3 rings (SSSR count). The van der Waals surface area contributed by atoms with Crippen molar-refractivity contribution in [1.29, 1.82) is 0 Å². The molecule has 0 spiro atoms. The van der Waals surface area contributed by atoms with E-state index in [0.29, 0.717) is 31.4 Å². The van der Waals surface area contributed by atoms with Gasteiger partial charge in [0.1, 0.15) is 12.4 Å². The van der Waals surface area contributed by atoms with Crippen LogP contribution >= 0.6 is 0 Å². The predicted molar refractivity (Wildman–Crippen MR) is 80.5 cm³/mol. The summed E-state index contributed by atoms with van der Waals surface area (Å²) < 4.78 is 11.4. The Morgan fingerprint density at radius 3 is 3.14 bits per heavy atom. The van der Waals surface area contributed by atoms with E-state index in [1.165, 1.54) is 6.42 Å². The normalized spacial score (nSPS) is 27.7. The van der Waals surface area contributed by atoms with Crippen molar-refractivity contribution in [3.05, 3.63) is 24.5 Å². The molecule has 0 saturated carbocycles. The zero-order valence-corrected chi connectivity index (χ0v) is 12.3. The van der Waals surface area contributed by atoms with Crippen LogP contribution in [-0.4, -0.2) is 49.4 Å². The molecule has 21 heavy (non-hydrogen) atoms. The van der Waals surface area contributed by atoms with Gasteiger partial charge in [-0.25, -0.2) is 0 Å². The summed E-state index contributed by atoms with van der Waals surface area (Å²) in [6.07, 6.45) is 7.67. The first-order valence-corrected chi connectivity index (χ1v) is 7.50. The molecule has 2 aliphatic rings. The lowest BCUT2D eigenvalue weighted by Crippen LogP contribution is -2.48. The van der Waals surface area contributed by atoms with Gasteiger partial charge in [-0.3, -0.25) is 9.98 Å². The molecule has 1 aromatic heterocycles. The quantitative estimate of drug-likeness (QED) is 0.480. The molecular weight excluding hydrogens is 268 g/mol. The molecule has 0 radical (unpaired) electrons. The summed E-state index contributed by atoms with van der Waals surface area (Å²) in [4.78, 5) is 8.26. The third kappa shape index (κ3) is 3.64. The van der Waals surface area contributed by atoms with Gasteiger partial charge in [-0.1, -0.05) is 0 Å². The zero-order chi connectivity index (χ0) is 14.5. The van der Waals surface area contributed by atoms with Crippen LogP contribution in [0.3, 0.4) is 0 Å². The van der Waals surface area contributed by atoms with E-state index in [2.05, 4.69) is 20.6 Å². The van der Waals surface area contributed by atoms with Crippen LogP contribution in [-0.2, 0) is 4.74 Å². The fraction of sp³-hybridized carbons (Fsp3) is 0.600. The van der Waals surface area contributed by atoms with Crippen molar-refractivity contribution in [2.45, 2.75) is 37.5 Å². The highest BCUT2D eigenvalue weighted by Crippen LogP contribution is 2.34. The number of nitrogens with zero attached hydrogens (tertiary/aromatic N) is 2. The number of hydrogen-bond donors (Lipinski definition) is 2. The summed E-state index contributed by atoms with van der Waals surface area (Å²) in [5.41, 5.74) is 0. The SMILES string of the molecule is CN=C(NCCOc1cccnc1)NC1CC2CCC1O2. The maximum absolute atomic E-state index is 5.84. The molecule has 2 bridgehead atoms. The number of hydrogen-bond acceptors (Lipinski definition) is 4. The van der Waals surface area contributed by atoms with Crippen molar-refractivity contribution in [2.75, 3.05) is 20.2 Å². The summed E-state index contributed by atoms with van der Waals surface area (Å²) in [6.45, 7) is 1.26. The van der Waals surface area contributed by atoms with Crippen LogP contribution in [0, 0.1) is 0 Å². The number of pyridine rings is 1. The smallest absolute Gasteiger partial charge is 0.191 e. The van der Waals surface area contributed by atoms with Crippen LogP contribution < -0.4 is 15.4 Å². The Labute approximate surface area is 125 Å². The Morgan fingerprint density at radius 2 is 2.48 bits per heavy atom. The molecule has 2 N–H and O–H groups in total. The molecule has 1 aromatic rings. The van der Waals surface area contributed by atoms with Crippen LogP contribution in [0.1, 0.15) is 19.3 Å². The third-order valence-electron chi connectivity index (χ3n) is 3.95. The van der Waals surface area contributed by atoms with Crippen molar-refractivity contribution in [1.82, 2.24) is 15.6 Å². The van der Waals surface area contributed by atoms with E-state index in [9.17, 15) is 0 Å². The topological polar surface area (TPSA) is 67.8 Å².